The Bertz CT molecular complexity index is 578. The van der Waals surface area contributed by atoms with E-state index in [9.17, 15) is 8.42 Å². The van der Waals surface area contributed by atoms with Crippen LogP contribution in [0.4, 0.5) is 11.4 Å². The van der Waals surface area contributed by atoms with Gasteiger partial charge in [-0.15, -0.1) is 0 Å². The van der Waals surface area contributed by atoms with Crippen LogP contribution in [0.1, 0.15) is 39.0 Å². The van der Waals surface area contributed by atoms with Crippen molar-refractivity contribution in [3.05, 3.63) is 18.2 Å². The summed E-state index contributed by atoms with van der Waals surface area (Å²) in [5, 5.41) is 8.43. The molecule has 5 N–H and O–H groups in total. The molecule has 0 unspecified atom stereocenters. The van der Waals surface area contributed by atoms with Crippen molar-refractivity contribution >= 4 is 21.4 Å². The van der Waals surface area contributed by atoms with E-state index in [1.807, 2.05) is 0 Å². The lowest BCUT2D eigenvalue weighted by atomic mass is 9.76. The highest BCUT2D eigenvalue weighted by molar-refractivity contribution is 7.89. The molecule has 0 bridgehead atoms. The zero-order valence-electron chi connectivity index (χ0n) is 11.9. The number of nitrogens with one attached hydrogen (secondary N) is 1. The van der Waals surface area contributed by atoms with Crippen LogP contribution >= 0.6 is 0 Å². The molecule has 1 saturated carbocycles. The van der Waals surface area contributed by atoms with Gasteiger partial charge in [0.1, 0.15) is 0 Å². The Labute approximate surface area is 120 Å². The van der Waals surface area contributed by atoms with Crippen molar-refractivity contribution in [3.63, 3.8) is 0 Å². The average Bonchev–Trinajstić information content (AvgIpc) is 2.37. The molecule has 1 aromatic rings. The Morgan fingerprint density at radius 3 is 2.50 bits per heavy atom. The summed E-state index contributed by atoms with van der Waals surface area (Å²) >= 11 is 0. The minimum absolute atomic E-state index is 0.0861. The van der Waals surface area contributed by atoms with Crippen LogP contribution in [0.2, 0.25) is 0 Å². The maximum Gasteiger partial charge on any atom is 0.238 e. The third-order valence-electron chi connectivity index (χ3n) is 4.12. The molecule has 0 spiro atoms. The highest BCUT2D eigenvalue weighted by atomic mass is 32.2. The summed E-state index contributed by atoms with van der Waals surface area (Å²) in [7, 11) is -3.70. The van der Waals surface area contributed by atoms with Gasteiger partial charge in [-0.1, -0.05) is 26.2 Å². The molecule has 0 radical (unpaired) electrons. The van der Waals surface area contributed by atoms with Crippen molar-refractivity contribution in [2.75, 3.05) is 17.6 Å². The number of benzene rings is 1. The van der Waals surface area contributed by atoms with Crippen LogP contribution in [0.15, 0.2) is 23.1 Å². The van der Waals surface area contributed by atoms with Gasteiger partial charge in [0, 0.05) is 6.54 Å². The van der Waals surface area contributed by atoms with Crippen molar-refractivity contribution in [2.45, 2.75) is 43.9 Å². The van der Waals surface area contributed by atoms with Gasteiger partial charge < -0.3 is 11.1 Å². The average molecular weight is 297 g/mol. The van der Waals surface area contributed by atoms with Crippen molar-refractivity contribution in [1.82, 2.24) is 0 Å². The lowest BCUT2D eigenvalue weighted by Crippen LogP contribution is -2.29. The van der Waals surface area contributed by atoms with Gasteiger partial charge in [-0.2, -0.15) is 0 Å². The molecule has 112 valence electrons. The maximum absolute atomic E-state index is 11.4. The first-order valence-corrected chi connectivity index (χ1v) is 8.51. The monoisotopic (exact) mass is 297 g/mol. The fraction of sp³-hybridized carbons (Fsp3) is 0.571. The van der Waals surface area contributed by atoms with E-state index in [1.165, 1.54) is 44.2 Å². The summed E-state index contributed by atoms with van der Waals surface area (Å²) in [6.45, 7) is 3.06. The summed E-state index contributed by atoms with van der Waals surface area (Å²) in [6.07, 6.45) is 6.19. The molecular formula is C14H23N3O2S. The Morgan fingerprint density at radius 1 is 1.25 bits per heavy atom. The molecule has 0 aromatic heterocycles. The number of hydrogen-bond donors (Lipinski definition) is 3. The smallest absolute Gasteiger partial charge is 0.238 e. The quantitative estimate of drug-likeness (QED) is 0.743. The zero-order valence-corrected chi connectivity index (χ0v) is 12.7. The minimum Gasteiger partial charge on any atom is -0.397 e. The molecule has 20 heavy (non-hydrogen) atoms. The van der Waals surface area contributed by atoms with Crippen LogP contribution in [0.5, 0.6) is 0 Å². The molecule has 2 rings (SSSR count). The summed E-state index contributed by atoms with van der Waals surface area (Å²) < 4.78 is 22.7. The van der Waals surface area contributed by atoms with Gasteiger partial charge in [0.05, 0.1) is 16.3 Å². The van der Waals surface area contributed by atoms with E-state index in [0.29, 0.717) is 11.4 Å². The van der Waals surface area contributed by atoms with E-state index in [4.69, 9.17) is 10.9 Å². The van der Waals surface area contributed by atoms with E-state index in [-0.39, 0.29) is 10.3 Å². The molecule has 1 aromatic carbocycles. The van der Waals surface area contributed by atoms with E-state index in [0.717, 1.165) is 6.54 Å². The van der Waals surface area contributed by atoms with E-state index in [1.54, 1.807) is 6.07 Å². The van der Waals surface area contributed by atoms with Crippen molar-refractivity contribution in [3.8, 4) is 0 Å². The lowest BCUT2D eigenvalue weighted by molar-refractivity contribution is 0.233. The Balaban J connectivity index is 2.13. The van der Waals surface area contributed by atoms with Gasteiger partial charge in [-0.3, -0.25) is 0 Å². The van der Waals surface area contributed by atoms with Gasteiger partial charge in [0.15, 0.2) is 0 Å². The van der Waals surface area contributed by atoms with Gasteiger partial charge >= 0.3 is 0 Å². The topological polar surface area (TPSA) is 98.2 Å². The molecule has 0 atom stereocenters. The minimum atomic E-state index is -3.70. The van der Waals surface area contributed by atoms with Gasteiger partial charge in [-0.25, -0.2) is 13.6 Å². The second-order valence-electron chi connectivity index (χ2n) is 6.02. The molecule has 5 nitrogen and oxygen atoms in total. The molecule has 1 aliphatic carbocycles. The molecule has 0 aliphatic heterocycles. The van der Waals surface area contributed by atoms with Crippen molar-refractivity contribution in [2.24, 2.45) is 10.6 Å². The largest absolute Gasteiger partial charge is 0.397 e. The fourth-order valence-electron chi connectivity index (χ4n) is 2.76. The van der Waals surface area contributed by atoms with Crippen LogP contribution < -0.4 is 16.2 Å². The number of nitrogens with two attached hydrogens (primary N) is 2. The Kier molecular flexibility index (Phi) is 4.25. The highest BCUT2D eigenvalue weighted by Gasteiger charge is 2.26. The Hall–Kier alpha value is -1.27. The number of nitrogen functional groups attached to an aromatic ring is 1. The van der Waals surface area contributed by atoms with Crippen LogP contribution in [0.25, 0.3) is 0 Å². The third-order valence-corrected chi connectivity index (χ3v) is 5.03. The number of hydrogen-bond acceptors (Lipinski definition) is 4. The molecule has 1 aliphatic rings. The van der Waals surface area contributed by atoms with Crippen molar-refractivity contribution < 1.29 is 8.42 Å². The summed E-state index contributed by atoms with van der Waals surface area (Å²) in [6, 6.07) is 4.51. The summed E-state index contributed by atoms with van der Waals surface area (Å²) in [4.78, 5) is 0.0861. The van der Waals surface area contributed by atoms with Crippen LogP contribution in [0.3, 0.4) is 0 Å². The van der Waals surface area contributed by atoms with Crippen LogP contribution in [-0.4, -0.2) is 15.0 Å². The van der Waals surface area contributed by atoms with E-state index in [2.05, 4.69) is 12.2 Å². The predicted octanol–water partition coefficient (Wildman–Crippen LogP) is 2.30. The van der Waals surface area contributed by atoms with Crippen molar-refractivity contribution in [1.29, 1.82) is 0 Å². The molecule has 0 saturated heterocycles. The predicted molar refractivity (Wildman–Crippen MR) is 81.9 cm³/mol. The number of rotatable bonds is 4. The number of sulfonamides is 1. The standard InChI is InChI=1S/C14H23N3O2S/c1-14(7-3-2-4-8-14)10-17-13-9-11(20(16,18)19)5-6-12(13)15/h5-6,9,17H,2-4,7-8,10,15H2,1H3,(H2,16,18,19). The first-order chi connectivity index (χ1) is 9.30. The fourth-order valence-corrected chi connectivity index (χ4v) is 3.30. The zero-order chi connectivity index (χ0) is 14.8. The summed E-state index contributed by atoms with van der Waals surface area (Å²) in [5.41, 5.74) is 7.33. The summed E-state index contributed by atoms with van der Waals surface area (Å²) in [5.74, 6) is 0. The van der Waals surface area contributed by atoms with E-state index < -0.39 is 10.0 Å². The first-order valence-electron chi connectivity index (χ1n) is 6.96. The number of anilines is 2. The van der Waals surface area contributed by atoms with Gasteiger partial charge in [0.25, 0.3) is 0 Å². The SMILES string of the molecule is CC1(CNc2cc(S(N)(=O)=O)ccc2N)CCCCC1. The Morgan fingerprint density at radius 2 is 1.90 bits per heavy atom. The molecule has 0 amide bonds. The van der Waals surface area contributed by atoms with E-state index >= 15 is 0 Å². The third kappa shape index (κ3) is 3.64. The number of primary sulfonamides is 1. The molecular weight excluding hydrogens is 274 g/mol. The molecule has 0 heterocycles. The first kappa shape index (κ1) is 15.1. The molecule has 6 heteroatoms. The van der Waals surface area contributed by atoms with Crippen LogP contribution in [-0.2, 0) is 10.0 Å². The second kappa shape index (κ2) is 5.61. The lowest BCUT2D eigenvalue weighted by Gasteiger charge is -2.34. The normalized spacial score (nSPS) is 18.7. The second-order valence-corrected chi connectivity index (χ2v) is 7.58. The van der Waals surface area contributed by atoms with Gasteiger partial charge in [0.2, 0.25) is 10.0 Å². The van der Waals surface area contributed by atoms with Crippen LogP contribution in [0, 0.1) is 5.41 Å². The highest BCUT2D eigenvalue weighted by Crippen LogP contribution is 2.36. The van der Waals surface area contributed by atoms with Gasteiger partial charge in [-0.05, 0) is 36.5 Å². The maximum atomic E-state index is 11.4. The molecule has 1 fully saturated rings.